The van der Waals surface area contributed by atoms with E-state index in [9.17, 15) is 18.0 Å². The van der Waals surface area contributed by atoms with Gasteiger partial charge in [0.15, 0.2) is 0 Å². The molecule has 1 aliphatic rings. The van der Waals surface area contributed by atoms with Crippen LogP contribution in [0.4, 0.5) is 0 Å². The van der Waals surface area contributed by atoms with Crippen LogP contribution >= 0.6 is 0 Å². The Balaban J connectivity index is 1.60. The summed E-state index contributed by atoms with van der Waals surface area (Å²) in [6.45, 7) is 0.305. The van der Waals surface area contributed by atoms with Crippen molar-refractivity contribution in [3.05, 3.63) is 74.4 Å². The minimum absolute atomic E-state index is 0.00311. The van der Waals surface area contributed by atoms with Crippen molar-refractivity contribution in [2.45, 2.75) is 30.1 Å². The van der Waals surface area contributed by atoms with Crippen LogP contribution in [0.3, 0.4) is 0 Å². The number of aryl methyl sites for hydroxylation is 1. The van der Waals surface area contributed by atoms with E-state index in [0.717, 1.165) is 19.3 Å². The predicted octanol–water partition coefficient (Wildman–Crippen LogP) is 1.61. The van der Waals surface area contributed by atoms with Crippen molar-refractivity contribution >= 4 is 20.9 Å². The number of rotatable bonds is 4. The highest BCUT2D eigenvalue weighted by atomic mass is 32.2. The summed E-state index contributed by atoms with van der Waals surface area (Å²) in [5.41, 5.74) is 1.52. The van der Waals surface area contributed by atoms with Crippen molar-refractivity contribution in [3.63, 3.8) is 0 Å². The first-order valence-corrected chi connectivity index (χ1v) is 10.3. The van der Waals surface area contributed by atoms with Crippen LogP contribution in [-0.2, 0) is 16.4 Å². The van der Waals surface area contributed by atoms with Crippen LogP contribution in [0.2, 0.25) is 0 Å². The maximum absolute atomic E-state index is 12.7. The molecule has 3 N–H and O–H groups in total. The first kappa shape index (κ1) is 17.7. The van der Waals surface area contributed by atoms with Crippen LogP contribution in [-0.4, -0.2) is 24.9 Å². The molecule has 1 aromatic heterocycles. The van der Waals surface area contributed by atoms with Gasteiger partial charge >= 0.3 is 5.69 Å². The monoisotopic (exact) mass is 385 g/mol. The summed E-state index contributed by atoms with van der Waals surface area (Å²) < 4.78 is 28.1. The number of aromatic nitrogens is 2. The van der Waals surface area contributed by atoms with Gasteiger partial charge < -0.3 is 4.98 Å². The van der Waals surface area contributed by atoms with Gasteiger partial charge in [-0.25, -0.2) is 17.9 Å². The van der Waals surface area contributed by atoms with E-state index in [1.165, 1.54) is 29.3 Å². The van der Waals surface area contributed by atoms with Crippen molar-refractivity contribution in [1.29, 1.82) is 0 Å². The molecule has 0 saturated heterocycles. The molecule has 0 amide bonds. The fourth-order valence-corrected chi connectivity index (χ4v) is 4.78. The standard InChI is InChI=1S/C19H19N3O4S/c23-18-16-10-14(8-9-17(16)21-19(24)22-18)27(25,26)20-11-13-6-3-5-12-4-1-2-7-15(12)13/h1-2,4,7-10,13,20H,3,5-6,11H2,(H2,21,22,23,24). The third-order valence-electron chi connectivity index (χ3n) is 5.03. The fraction of sp³-hybridized carbons (Fsp3) is 0.263. The molecule has 0 radical (unpaired) electrons. The molecule has 2 aromatic carbocycles. The molecule has 27 heavy (non-hydrogen) atoms. The second-order valence-corrected chi connectivity index (χ2v) is 8.52. The van der Waals surface area contributed by atoms with Gasteiger partial charge in [0, 0.05) is 6.54 Å². The first-order chi connectivity index (χ1) is 12.9. The van der Waals surface area contributed by atoms with Crippen LogP contribution in [0.15, 0.2) is 56.9 Å². The van der Waals surface area contributed by atoms with E-state index < -0.39 is 21.3 Å². The van der Waals surface area contributed by atoms with Crippen molar-refractivity contribution in [3.8, 4) is 0 Å². The van der Waals surface area contributed by atoms with Crippen LogP contribution < -0.4 is 16.0 Å². The van der Waals surface area contributed by atoms with Crippen molar-refractivity contribution in [2.75, 3.05) is 6.54 Å². The molecule has 0 bridgehead atoms. The first-order valence-electron chi connectivity index (χ1n) is 8.78. The minimum atomic E-state index is -3.78. The highest BCUT2D eigenvalue weighted by Crippen LogP contribution is 2.31. The molecule has 0 aliphatic heterocycles. The second kappa shape index (κ2) is 6.79. The smallest absolute Gasteiger partial charge is 0.307 e. The summed E-state index contributed by atoms with van der Waals surface area (Å²) in [4.78, 5) is 27.8. The Bertz CT molecular complexity index is 1230. The summed E-state index contributed by atoms with van der Waals surface area (Å²) >= 11 is 0. The summed E-state index contributed by atoms with van der Waals surface area (Å²) in [7, 11) is -3.78. The SMILES string of the molecule is O=c1[nH]c(=O)c2cc(S(=O)(=O)NCC3CCCc4ccccc43)ccc2[nH]1. The second-order valence-electron chi connectivity index (χ2n) is 6.76. The number of aromatic amines is 2. The average molecular weight is 385 g/mol. The Hall–Kier alpha value is -2.71. The van der Waals surface area contributed by atoms with E-state index in [0.29, 0.717) is 12.1 Å². The summed E-state index contributed by atoms with van der Waals surface area (Å²) in [6.07, 6.45) is 2.98. The van der Waals surface area contributed by atoms with Gasteiger partial charge in [-0.05, 0) is 54.5 Å². The average Bonchev–Trinajstić information content (AvgIpc) is 2.66. The zero-order valence-corrected chi connectivity index (χ0v) is 15.3. The molecule has 0 saturated carbocycles. The van der Waals surface area contributed by atoms with Crippen LogP contribution in [0.25, 0.3) is 10.9 Å². The molecule has 1 heterocycles. The Morgan fingerprint density at radius 1 is 1.07 bits per heavy atom. The molecule has 7 nitrogen and oxygen atoms in total. The molecule has 4 rings (SSSR count). The normalized spacial score (nSPS) is 17.0. The van der Waals surface area contributed by atoms with Crippen LogP contribution in [0.5, 0.6) is 0 Å². The van der Waals surface area contributed by atoms with E-state index in [1.54, 1.807) is 0 Å². The Kier molecular flexibility index (Phi) is 4.45. The minimum Gasteiger partial charge on any atom is -0.307 e. The van der Waals surface area contributed by atoms with E-state index in [-0.39, 0.29) is 16.2 Å². The van der Waals surface area contributed by atoms with Gasteiger partial charge in [-0.1, -0.05) is 24.3 Å². The van der Waals surface area contributed by atoms with E-state index >= 15 is 0 Å². The summed E-state index contributed by atoms with van der Waals surface area (Å²) in [6, 6.07) is 12.2. The molecule has 1 unspecified atom stereocenters. The van der Waals surface area contributed by atoms with Gasteiger partial charge in [-0.3, -0.25) is 9.78 Å². The molecule has 1 aliphatic carbocycles. The zero-order valence-electron chi connectivity index (χ0n) is 14.5. The lowest BCUT2D eigenvalue weighted by Crippen LogP contribution is -2.30. The molecule has 0 fully saturated rings. The van der Waals surface area contributed by atoms with Gasteiger partial charge in [-0.2, -0.15) is 0 Å². The predicted molar refractivity (Wildman–Crippen MR) is 102 cm³/mol. The Labute approximate surface area is 155 Å². The van der Waals surface area contributed by atoms with Crippen molar-refractivity contribution < 1.29 is 8.42 Å². The van der Waals surface area contributed by atoms with Crippen molar-refractivity contribution in [1.82, 2.24) is 14.7 Å². The van der Waals surface area contributed by atoms with Crippen LogP contribution in [0, 0.1) is 0 Å². The molecule has 0 spiro atoms. The highest BCUT2D eigenvalue weighted by Gasteiger charge is 2.23. The van der Waals surface area contributed by atoms with E-state index in [1.807, 2.05) is 12.1 Å². The van der Waals surface area contributed by atoms with Gasteiger partial charge in [0.05, 0.1) is 15.8 Å². The van der Waals surface area contributed by atoms with Crippen molar-refractivity contribution in [2.24, 2.45) is 0 Å². The Morgan fingerprint density at radius 3 is 2.74 bits per heavy atom. The Morgan fingerprint density at radius 2 is 1.89 bits per heavy atom. The molecule has 8 heteroatoms. The largest absolute Gasteiger partial charge is 0.326 e. The lowest BCUT2D eigenvalue weighted by molar-refractivity contribution is 0.529. The zero-order chi connectivity index (χ0) is 19.0. The lowest BCUT2D eigenvalue weighted by atomic mass is 9.83. The third kappa shape index (κ3) is 3.45. The number of benzene rings is 2. The number of H-pyrrole nitrogens is 2. The molecular formula is C19H19N3O4S. The van der Waals surface area contributed by atoms with Crippen LogP contribution in [0.1, 0.15) is 29.9 Å². The molecule has 1 atom stereocenters. The van der Waals surface area contributed by atoms with Gasteiger partial charge in [0.2, 0.25) is 10.0 Å². The quantitative estimate of drug-likeness (QED) is 0.633. The lowest BCUT2D eigenvalue weighted by Gasteiger charge is -2.25. The molecular weight excluding hydrogens is 366 g/mol. The van der Waals surface area contributed by atoms with Gasteiger partial charge in [-0.15, -0.1) is 0 Å². The molecule has 140 valence electrons. The number of hydrogen-bond acceptors (Lipinski definition) is 4. The summed E-state index contributed by atoms with van der Waals surface area (Å²) in [5, 5.41) is 0.125. The number of hydrogen-bond donors (Lipinski definition) is 3. The third-order valence-corrected chi connectivity index (χ3v) is 6.46. The number of nitrogens with one attached hydrogen (secondary N) is 3. The highest BCUT2D eigenvalue weighted by molar-refractivity contribution is 7.89. The summed E-state index contributed by atoms with van der Waals surface area (Å²) in [5.74, 6) is 0.130. The fourth-order valence-electron chi connectivity index (χ4n) is 3.67. The topological polar surface area (TPSA) is 112 Å². The molecule has 3 aromatic rings. The van der Waals surface area contributed by atoms with Gasteiger partial charge in [0.1, 0.15) is 0 Å². The maximum atomic E-state index is 12.7. The van der Waals surface area contributed by atoms with E-state index in [4.69, 9.17) is 0 Å². The number of fused-ring (bicyclic) bond motifs is 2. The van der Waals surface area contributed by atoms with E-state index in [2.05, 4.69) is 26.8 Å². The maximum Gasteiger partial charge on any atom is 0.326 e. The number of sulfonamides is 1. The van der Waals surface area contributed by atoms with Gasteiger partial charge in [0.25, 0.3) is 5.56 Å².